The summed E-state index contributed by atoms with van der Waals surface area (Å²) < 4.78 is 12.4. The van der Waals surface area contributed by atoms with E-state index in [0.29, 0.717) is 28.3 Å². The number of hydrogen-bond donors (Lipinski definition) is 1. The molecule has 0 saturated carbocycles. The average molecular weight is 469 g/mol. The molecular weight excluding hydrogens is 448 g/mol. The molecule has 0 saturated heterocycles. The van der Waals surface area contributed by atoms with Gasteiger partial charge in [0, 0.05) is 10.9 Å². The lowest BCUT2D eigenvalue weighted by molar-refractivity contribution is -0.113. The Balaban J connectivity index is 1.39. The number of carbonyl (C=O) groups is 1. The Morgan fingerprint density at radius 2 is 2.00 bits per heavy atom. The van der Waals surface area contributed by atoms with Crippen LogP contribution in [0.4, 0.5) is 5.13 Å². The van der Waals surface area contributed by atoms with Crippen LogP contribution in [0.2, 0.25) is 0 Å². The van der Waals surface area contributed by atoms with Crippen molar-refractivity contribution in [1.82, 2.24) is 25.2 Å². The van der Waals surface area contributed by atoms with Crippen molar-refractivity contribution in [3.63, 3.8) is 0 Å². The van der Waals surface area contributed by atoms with Crippen molar-refractivity contribution in [2.24, 2.45) is 0 Å². The van der Waals surface area contributed by atoms with Crippen LogP contribution in [0.15, 0.2) is 59.1 Å². The maximum atomic E-state index is 12.5. The number of thiazole rings is 1. The van der Waals surface area contributed by atoms with Crippen molar-refractivity contribution in [1.29, 1.82) is 0 Å². The van der Waals surface area contributed by atoms with Gasteiger partial charge in [-0.3, -0.25) is 4.79 Å². The molecule has 1 N–H and O–H groups in total. The number of benzene rings is 2. The highest BCUT2D eigenvalue weighted by atomic mass is 32.2. The summed E-state index contributed by atoms with van der Waals surface area (Å²) >= 11 is 2.60. The summed E-state index contributed by atoms with van der Waals surface area (Å²) in [4.78, 5) is 17.0. The normalized spacial score (nSPS) is 10.7. The van der Waals surface area contributed by atoms with E-state index in [0.717, 1.165) is 17.0 Å². The van der Waals surface area contributed by atoms with Crippen LogP contribution in [-0.2, 0) is 4.79 Å². The molecule has 0 aliphatic carbocycles. The molecule has 4 rings (SSSR count). The van der Waals surface area contributed by atoms with E-state index >= 15 is 0 Å². The molecule has 1 amide bonds. The Morgan fingerprint density at radius 3 is 2.78 bits per heavy atom. The molecular formula is C21H20N6O3S2. The molecule has 11 heteroatoms. The third-order valence-electron chi connectivity index (χ3n) is 4.30. The summed E-state index contributed by atoms with van der Waals surface area (Å²) in [6.07, 6.45) is 0. The molecule has 2 aromatic heterocycles. The Kier molecular flexibility index (Phi) is 6.97. The fourth-order valence-corrected chi connectivity index (χ4v) is 4.26. The van der Waals surface area contributed by atoms with E-state index in [9.17, 15) is 4.79 Å². The molecule has 0 atom stereocenters. The summed E-state index contributed by atoms with van der Waals surface area (Å²) in [5.41, 5.74) is 2.45. The second kappa shape index (κ2) is 10.2. The van der Waals surface area contributed by atoms with Crippen LogP contribution in [0.3, 0.4) is 0 Å². The van der Waals surface area contributed by atoms with Crippen molar-refractivity contribution in [2.75, 3.05) is 24.8 Å². The zero-order valence-electron chi connectivity index (χ0n) is 17.4. The standard InChI is InChI=1S/C21H20N6O3S2/c1-3-30-18-7-5-4-6-17(18)27-21(24-25-26-27)32-13-19(28)23-20-22-16(12-31-20)14-8-10-15(29-2)11-9-14/h4-12H,3,13H2,1-2H3,(H,22,23,28). The van der Waals surface area contributed by atoms with Crippen molar-refractivity contribution in [3.05, 3.63) is 53.9 Å². The number of anilines is 1. The molecule has 0 aliphatic rings. The first-order valence-corrected chi connectivity index (χ1v) is 11.6. The molecule has 2 heterocycles. The van der Waals surface area contributed by atoms with Crippen LogP contribution < -0.4 is 14.8 Å². The minimum Gasteiger partial charge on any atom is -0.497 e. The molecule has 9 nitrogen and oxygen atoms in total. The highest BCUT2D eigenvalue weighted by Crippen LogP contribution is 2.28. The highest BCUT2D eigenvalue weighted by Gasteiger charge is 2.15. The number of hydrogen-bond acceptors (Lipinski definition) is 9. The maximum absolute atomic E-state index is 12.5. The molecule has 0 fully saturated rings. The lowest BCUT2D eigenvalue weighted by Crippen LogP contribution is -2.14. The number of methoxy groups -OCH3 is 1. The van der Waals surface area contributed by atoms with Crippen LogP contribution >= 0.6 is 23.1 Å². The Bertz CT molecular complexity index is 1190. The molecule has 0 unspecified atom stereocenters. The van der Waals surface area contributed by atoms with Crippen LogP contribution in [0.5, 0.6) is 11.5 Å². The van der Waals surface area contributed by atoms with E-state index < -0.39 is 0 Å². The average Bonchev–Trinajstić information content (AvgIpc) is 3.48. The van der Waals surface area contributed by atoms with Gasteiger partial charge in [0.25, 0.3) is 0 Å². The zero-order valence-corrected chi connectivity index (χ0v) is 19.0. The monoisotopic (exact) mass is 468 g/mol. The Labute approximate surface area is 192 Å². The van der Waals surface area contributed by atoms with Crippen molar-refractivity contribution in [2.45, 2.75) is 12.1 Å². The number of nitrogens with zero attached hydrogens (tertiary/aromatic N) is 5. The lowest BCUT2D eigenvalue weighted by Gasteiger charge is -2.10. The van der Waals surface area contributed by atoms with Gasteiger partial charge in [0.1, 0.15) is 17.2 Å². The predicted octanol–water partition coefficient (Wildman–Crippen LogP) is 3.92. The van der Waals surface area contributed by atoms with Gasteiger partial charge >= 0.3 is 0 Å². The van der Waals surface area contributed by atoms with Crippen LogP contribution in [0, 0.1) is 0 Å². The summed E-state index contributed by atoms with van der Waals surface area (Å²) in [5.74, 6) is 1.38. The van der Waals surface area contributed by atoms with E-state index in [2.05, 4.69) is 25.8 Å². The Morgan fingerprint density at radius 1 is 1.19 bits per heavy atom. The van der Waals surface area contributed by atoms with Crippen LogP contribution in [-0.4, -0.2) is 50.6 Å². The smallest absolute Gasteiger partial charge is 0.236 e. The summed E-state index contributed by atoms with van der Waals surface area (Å²) in [7, 11) is 1.62. The number of carbonyl (C=O) groups excluding carboxylic acids is 1. The number of rotatable bonds is 9. The van der Waals surface area contributed by atoms with Crippen LogP contribution in [0.1, 0.15) is 6.92 Å². The first-order chi connectivity index (χ1) is 15.7. The van der Waals surface area contributed by atoms with Crippen molar-refractivity contribution < 1.29 is 14.3 Å². The van der Waals surface area contributed by atoms with Gasteiger partial charge in [-0.1, -0.05) is 23.9 Å². The fourth-order valence-electron chi connectivity index (χ4n) is 2.84. The number of tetrazole rings is 1. The van der Waals surface area contributed by atoms with E-state index in [4.69, 9.17) is 9.47 Å². The molecule has 164 valence electrons. The molecule has 4 aromatic rings. The van der Waals surface area contributed by atoms with Gasteiger partial charge in [0.15, 0.2) is 5.13 Å². The van der Waals surface area contributed by atoms with Crippen molar-refractivity contribution in [3.8, 4) is 28.4 Å². The van der Waals surface area contributed by atoms with Gasteiger partial charge in [0.05, 0.1) is 25.2 Å². The minimum atomic E-state index is -0.196. The van der Waals surface area contributed by atoms with Gasteiger partial charge in [0.2, 0.25) is 11.1 Å². The van der Waals surface area contributed by atoms with Gasteiger partial charge in [-0.15, -0.1) is 16.4 Å². The third-order valence-corrected chi connectivity index (χ3v) is 5.98. The van der Waals surface area contributed by atoms with E-state index in [1.807, 2.05) is 60.8 Å². The minimum absolute atomic E-state index is 0.134. The maximum Gasteiger partial charge on any atom is 0.236 e. The molecule has 0 spiro atoms. The zero-order chi connectivity index (χ0) is 22.3. The topological polar surface area (TPSA) is 104 Å². The first-order valence-electron chi connectivity index (χ1n) is 9.71. The van der Waals surface area contributed by atoms with Gasteiger partial charge in [-0.2, -0.15) is 4.68 Å². The first kappa shape index (κ1) is 21.8. The molecule has 2 aromatic carbocycles. The van der Waals surface area contributed by atoms with Crippen LogP contribution in [0.25, 0.3) is 16.9 Å². The van der Waals surface area contributed by atoms with E-state index in [1.165, 1.54) is 23.1 Å². The summed E-state index contributed by atoms with van der Waals surface area (Å²) in [5, 5.41) is 17.6. The van der Waals surface area contributed by atoms with Gasteiger partial charge < -0.3 is 14.8 Å². The lowest BCUT2D eigenvalue weighted by atomic mass is 10.2. The van der Waals surface area contributed by atoms with E-state index in [1.54, 1.807) is 11.8 Å². The molecule has 0 aliphatic heterocycles. The summed E-state index contributed by atoms with van der Waals surface area (Å²) in [6.45, 7) is 2.44. The largest absolute Gasteiger partial charge is 0.497 e. The Hall–Kier alpha value is -3.44. The second-order valence-corrected chi connectivity index (χ2v) is 8.18. The third kappa shape index (κ3) is 5.06. The SMILES string of the molecule is CCOc1ccccc1-n1nnnc1SCC(=O)Nc1nc(-c2ccc(OC)cc2)cs1. The number of aromatic nitrogens is 5. The highest BCUT2D eigenvalue weighted by molar-refractivity contribution is 7.99. The van der Waals surface area contributed by atoms with Gasteiger partial charge in [-0.05, 0) is 53.7 Å². The number of thioether (sulfide) groups is 1. The quantitative estimate of drug-likeness (QED) is 0.369. The molecule has 0 bridgehead atoms. The number of nitrogens with one attached hydrogen (secondary N) is 1. The number of amides is 1. The second-order valence-electron chi connectivity index (χ2n) is 6.38. The predicted molar refractivity (Wildman–Crippen MR) is 124 cm³/mol. The summed E-state index contributed by atoms with van der Waals surface area (Å²) in [6, 6.07) is 15.1. The van der Waals surface area contributed by atoms with Gasteiger partial charge in [-0.25, -0.2) is 4.98 Å². The molecule has 0 radical (unpaired) electrons. The fraction of sp³-hybridized carbons (Fsp3) is 0.190. The van der Waals surface area contributed by atoms with E-state index in [-0.39, 0.29) is 11.7 Å². The number of para-hydroxylation sites is 2. The van der Waals surface area contributed by atoms with Crippen molar-refractivity contribution >= 4 is 34.1 Å². The number of ether oxygens (including phenoxy) is 2. The molecule has 32 heavy (non-hydrogen) atoms.